The van der Waals surface area contributed by atoms with Crippen LogP contribution < -0.4 is 10.6 Å². The van der Waals surface area contributed by atoms with Crippen molar-refractivity contribution < 1.29 is 14.7 Å². The minimum atomic E-state index is -0.286. The number of hydrogen-bond donors (Lipinski definition) is 3. The van der Waals surface area contributed by atoms with Crippen molar-refractivity contribution in [3.63, 3.8) is 0 Å². The highest BCUT2D eigenvalue weighted by molar-refractivity contribution is 8.00. The Bertz CT molecular complexity index is 890. The first kappa shape index (κ1) is 19.9. The molecular weight excluding hydrogens is 386 g/mol. The molecule has 0 unspecified atom stereocenters. The number of rotatable bonds is 6. The maximum Gasteiger partial charge on any atom is 0.234 e. The highest BCUT2D eigenvalue weighted by Gasteiger charge is 2.25. The van der Waals surface area contributed by atoms with Gasteiger partial charge in [-0.3, -0.25) is 14.5 Å². The number of hydrogen-bond acceptors (Lipinski definition) is 5. The summed E-state index contributed by atoms with van der Waals surface area (Å²) in [4.78, 5) is 27.6. The Hall–Kier alpha value is -2.35. The molecule has 2 aromatic carbocycles. The molecule has 2 heterocycles. The summed E-state index contributed by atoms with van der Waals surface area (Å²) in [5, 5.41) is 15.8. The van der Waals surface area contributed by atoms with Crippen LogP contribution in [0, 0.1) is 0 Å². The number of fused-ring (bicyclic) bond motifs is 1. The number of anilines is 1. The van der Waals surface area contributed by atoms with Gasteiger partial charge in [0.1, 0.15) is 0 Å². The van der Waals surface area contributed by atoms with Crippen LogP contribution in [-0.4, -0.2) is 53.3 Å². The molecule has 0 aromatic heterocycles. The second kappa shape index (κ2) is 8.98. The summed E-state index contributed by atoms with van der Waals surface area (Å²) in [7, 11) is 0. The largest absolute Gasteiger partial charge is 0.392 e. The molecule has 4 rings (SSSR count). The van der Waals surface area contributed by atoms with Gasteiger partial charge in [0, 0.05) is 24.5 Å². The predicted molar refractivity (Wildman–Crippen MR) is 114 cm³/mol. The number of thioether (sulfide) groups is 1. The first-order chi connectivity index (χ1) is 14.1. The SMILES string of the molecule is O=C1CSc2ccc(CC(=O)N[C@H](CN3CC[C@@H](O)C3)c3ccccc3)cc2N1. The van der Waals surface area contributed by atoms with E-state index in [1.165, 1.54) is 11.8 Å². The van der Waals surface area contributed by atoms with E-state index in [1.807, 2.05) is 48.5 Å². The third-order valence-electron chi connectivity index (χ3n) is 5.27. The molecule has 2 atom stereocenters. The molecular formula is C22H25N3O3S. The normalized spacial score (nSPS) is 20.0. The van der Waals surface area contributed by atoms with E-state index >= 15 is 0 Å². The monoisotopic (exact) mass is 411 g/mol. The number of amides is 2. The fourth-order valence-electron chi connectivity index (χ4n) is 3.83. The van der Waals surface area contributed by atoms with Crippen LogP contribution in [-0.2, 0) is 16.0 Å². The van der Waals surface area contributed by atoms with Crippen LogP contribution >= 0.6 is 11.8 Å². The Morgan fingerprint density at radius 2 is 2.10 bits per heavy atom. The summed E-state index contributed by atoms with van der Waals surface area (Å²) < 4.78 is 0. The van der Waals surface area contributed by atoms with Crippen LogP contribution in [0.1, 0.15) is 23.6 Å². The lowest BCUT2D eigenvalue weighted by molar-refractivity contribution is -0.121. The molecule has 152 valence electrons. The Kier molecular flexibility index (Phi) is 6.18. The Morgan fingerprint density at radius 3 is 2.86 bits per heavy atom. The molecule has 29 heavy (non-hydrogen) atoms. The molecule has 0 radical (unpaired) electrons. The summed E-state index contributed by atoms with van der Waals surface area (Å²) in [5.74, 6) is 0.353. The zero-order valence-electron chi connectivity index (χ0n) is 16.1. The maximum atomic E-state index is 12.8. The molecule has 2 amide bonds. The summed E-state index contributed by atoms with van der Waals surface area (Å²) in [6.07, 6.45) is 0.736. The van der Waals surface area contributed by atoms with Crippen molar-refractivity contribution in [1.82, 2.24) is 10.2 Å². The zero-order chi connectivity index (χ0) is 20.2. The van der Waals surface area contributed by atoms with Crippen molar-refractivity contribution in [2.24, 2.45) is 0 Å². The number of nitrogens with one attached hydrogen (secondary N) is 2. The zero-order valence-corrected chi connectivity index (χ0v) is 17.0. The number of likely N-dealkylation sites (tertiary alicyclic amines) is 1. The van der Waals surface area contributed by atoms with Gasteiger partial charge in [-0.15, -0.1) is 11.8 Å². The van der Waals surface area contributed by atoms with Crippen LogP contribution in [0.3, 0.4) is 0 Å². The highest BCUT2D eigenvalue weighted by atomic mass is 32.2. The van der Waals surface area contributed by atoms with E-state index in [1.54, 1.807) is 0 Å². The summed E-state index contributed by atoms with van der Waals surface area (Å²) >= 11 is 1.51. The van der Waals surface area contributed by atoms with Crippen molar-refractivity contribution >= 4 is 29.3 Å². The first-order valence-electron chi connectivity index (χ1n) is 9.87. The minimum absolute atomic E-state index is 0.0129. The molecule has 0 saturated carbocycles. The highest BCUT2D eigenvalue weighted by Crippen LogP contribution is 2.32. The van der Waals surface area contributed by atoms with Gasteiger partial charge in [-0.2, -0.15) is 0 Å². The van der Waals surface area contributed by atoms with Gasteiger partial charge >= 0.3 is 0 Å². The summed E-state index contributed by atoms with van der Waals surface area (Å²) in [6, 6.07) is 15.6. The molecule has 0 spiro atoms. The second-order valence-corrected chi connectivity index (χ2v) is 8.59. The summed E-state index contributed by atoms with van der Waals surface area (Å²) in [6.45, 7) is 2.15. The number of carbonyl (C=O) groups is 2. The van der Waals surface area contributed by atoms with Crippen LogP contribution in [0.5, 0.6) is 0 Å². The van der Waals surface area contributed by atoms with Gasteiger partial charge in [0.25, 0.3) is 0 Å². The quantitative estimate of drug-likeness (QED) is 0.679. The van der Waals surface area contributed by atoms with Crippen molar-refractivity contribution in [3.05, 3.63) is 59.7 Å². The second-order valence-electron chi connectivity index (χ2n) is 7.58. The van der Waals surface area contributed by atoms with Gasteiger partial charge in [0.2, 0.25) is 11.8 Å². The molecule has 6 nitrogen and oxygen atoms in total. The molecule has 1 fully saturated rings. The number of β-amino-alcohol motifs (C(OH)–C–C–N with tert-alkyl or cyclic N) is 1. The first-order valence-corrected chi connectivity index (χ1v) is 10.9. The van der Waals surface area contributed by atoms with Crippen molar-refractivity contribution in [2.45, 2.75) is 29.9 Å². The third kappa shape index (κ3) is 5.18. The van der Waals surface area contributed by atoms with Gasteiger partial charge in [-0.1, -0.05) is 36.4 Å². The maximum absolute atomic E-state index is 12.8. The Balaban J connectivity index is 1.43. The van der Waals surface area contributed by atoms with E-state index < -0.39 is 0 Å². The van der Waals surface area contributed by atoms with E-state index in [0.29, 0.717) is 18.8 Å². The minimum Gasteiger partial charge on any atom is -0.392 e. The van der Waals surface area contributed by atoms with E-state index in [2.05, 4.69) is 15.5 Å². The lowest BCUT2D eigenvalue weighted by Crippen LogP contribution is -2.38. The van der Waals surface area contributed by atoms with Gasteiger partial charge < -0.3 is 15.7 Å². The number of nitrogens with zero attached hydrogens (tertiary/aromatic N) is 1. The van der Waals surface area contributed by atoms with Crippen molar-refractivity contribution in [1.29, 1.82) is 0 Å². The smallest absolute Gasteiger partial charge is 0.234 e. The number of aliphatic hydroxyl groups is 1. The fourth-order valence-corrected chi connectivity index (χ4v) is 4.62. The summed E-state index contributed by atoms with van der Waals surface area (Å²) in [5.41, 5.74) is 2.70. The Morgan fingerprint density at radius 1 is 1.28 bits per heavy atom. The molecule has 1 saturated heterocycles. The van der Waals surface area contributed by atoms with Crippen LogP contribution in [0.25, 0.3) is 0 Å². The number of benzene rings is 2. The van der Waals surface area contributed by atoms with Crippen molar-refractivity contribution in [2.75, 3.05) is 30.7 Å². The van der Waals surface area contributed by atoms with E-state index in [0.717, 1.165) is 34.7 Å². The van der Waals surface area contributed by atoms with Gasteiger partial charge in [0.05, 0.1) is 30.0 Å². The average molecular weight is 412 g/mol. The van der Waals surface area contributed by atoms with Crippen LogP contribution in [0.2, 0.25) is 0 Å². The van der Waals surface area contributed by atoms with Gasteiger partial charge in [-0.25, -0.2) is 0 Å². The van der Waals surface area contributed by atoms with Gasteiger partial charge in [-0.05, 0) is 29.7 Å². The third-order valence-corrected chi connectivity index (χ3v) is 6.34. The molecule has 7 heteroatoms. The molecule has 2 aliphatic rings. The Labute approximate surface area is 174 Å². The lowest BCUT2D eigenvalue weighted by Gasteiger charge is -2.25. The van der Waals surface area contributed by atoms with E-state index in [9.17, 15) is 14.7 Å². The van der Waals surface area contributed by atoms with Crippen LogP contribution in [0.15, 0.2) is 53.4 Å². The van der Waals surface area contributed by atoms with Crippen molar-refractivity contribution in [3.8, 4) is 0 Å². The number of carbonyl (C=O) groups excluding carboxylic acids is 2. The standard InChI is InChI=1S/C22H25N3O3S/c26-17-8-9-25(12-17)13-19(16-4-2-1-3-5-16)24-21(27)11-15-6-7-20-18(10-15)23-22(28)14-29-20/h1-7,10,17,19,26H,8-9,11-14H2,(H,23,28)(H,24,27)/t17-,19-/m1/s1. The predicted octanol–water partition coefficient (Wildman–Crippen LogP) is 2.20. The number of aliphatic hydroxyl groups excluding tert-OH is 1. The molecule has 0 bridgehead atoms. The molecule has 3 N–H and O–H groups in total. The van der Waals surface area contributed by atoms with E-state index in [4.69, 9.17) is 0 Å². The van der Waals surface area contributed by atoms with Crippen LogP contribution in [0.4, 0.5) is 5.69 Å². The van der Waals surface area contributed by atoms with E-state index in [-0.39, 0.29) is 30.4 Å². The topological polar surface area (TPSA) is 81.7 Å². The average Bonchev–Trinajstić information content (AvgIpc) is 3.12. The van der Waals surface area contributed by atoms with Gasteiger partial charge in [0.15, 0.2) is 0 Å². The lowest BCUT2D eigenvalue weighted by atomic mass is 10.1. The molecule has 2 aliphatic heterocycles. The fraction of sp³-hybridized carbons (Fsp3) is 0.364. The molecule has 0 aliphatic carbocycles. The molecule has 2 aromatic rings.